The minimum Gasteiger partial charge on any atom is -0.488 e. The maximum Gasteiger partial charge on any atom is 0.240 e. The number of ether oxygens (including phenoxy) is 3. The van der Waals surface area contributed by atoms with E-state index < -0.39 is 12.3 Å². The van der Waals surface area contributed by atoms with Gasteiger partial charge >= 0.3 is 0 Å². The van der Waals surface area contributed by atoms with Crippen LogP contribution in [0.25, 0.3) is 0 Å². The third-order valence-corrected chi connectivity index (χ3v) is 5.53. The number of carbonyl (C=O) groups is 1. The van der Waals surface area contributed by atoms with Crippen LogP contribution in [0.1, 0.15) is 58.4 Å². The molecular formula is C24H40N2O4. The van der Waals surface area contributed by atoms with Crippen molar-refractivity contribution in [2.24, 2.45) is 11.7 Å². The van der Waals surface area contributed by atoms with Crippen molar-refractivity contribution >= 4 is 5.91 Å². The van der Waals surface area contributed by atoms with E-state index in [0.717, 1.165) is 11.3 Å². The summed E-state index contributed by atoms with van der Waals surface area (Å²) in [6.45, 7) is 7.17. The van der Waals surface area contributed by atoms with E-state index in [2.05, 4.69) is 0 Å². The number of hydrogen-bond donors (Lipinski definition) is 1. The van der Waals surface area contributed by atoms with E-state index in [1.807, 2.05) is 49.9 Å². The van der Waals surface area contributed by atoms with Gasteiger partial charge in [0.15, 0.2) is 6.29 Å². The topological polar surface area (TPSA) is 74.0 Å². The number of hydrogen-bond acceptors (Lipinski definition) is 5. The summed E-state index contributed by atoms with van der Waals surface area (Å²) < 4.78 is 16.6. The Labute approximate surface area is 182 Å². The first-order chi connectivity index (χ1) is 14.2. The van der Waals surface area contributed by atoms with Crippen LogP contribution in [-0.4, -0.2) is 56.0 Å². The molecule has 6 heteroatoms. The monoisotopic (exact) mass is 420 g/mol. The Morgan fingerprint density at radius 3 is 2.23 bits per heavy atom. The van der Waals surface area contributed by atoms with Crippen LogP contribution in [0.15, 0.2) is 24.3 Å². The molecule has 2 rings (SSSR count). The van der Waals surface area contributed by atoms with Gasteiger partial charge < -0.3 is 24.8 Å². The molecule has 0 bridgehead atoms. The predicted octanol–water partition coefficient (Wildman–Crippen LogP) is 3.76. The molecule has 0 radical (unpaired) electrons. The molecule has 1 aliphatic carbocycles. The van der Waals surface area contributed by atoms with E-state index in [4.69, 9.17) is 19.9 Å². The Balaban J connectivity index is 2.01. The molecule has 1 fully saturated rings. The van der Waals surface area contributed by atoms with Crippen molar-refractivity contribution in [1.29, 1.82) is 0 Å². The van der Waals surface area contributed by atoms with E-state index in [0.29, 0.717) is 25.4 Å². The van der Waals surface area contributed by atoms with Gasteiger partial charge in [-0.15, -0.1) is 0 Å². The van der Waals surface area contributed by atoms with E-state index in [1.165, 1.54) is 32.1 Å². The van der Waals surface area contributed by atoms with Crippen molar-refractivity contribution in [3.63, 3.8) is 0 Å². The van der Waals surface area contributed by atoms with Crippen molar-refractivity contribution in [2.75, 3.05) is 27.3 Å². The smallest absolute Gasteiger partial charge is 0.240 e. The Hall–Kier alpha value is -1.63. The summed E-state index contributed by atoms with van der Waals surface area (Å²) in [4.78, 5) is 15.1. The van der Waals surface area contributed by atoms with Crippen LogP contribution in [0, 0.1) is 5.92 Å². The number of nitrogens with two attached hydrogens (primary N) is 1. The van der Waals surface area contributed by atoms with Gasteiger partial charge in [0.05, 0.1) is 12.6 Å². The first-order valence-electron chi connectivity index (χ1n) is 11.1. The molecule has 1 aromatic rings. The van der Waals surface area contributed by atoms with Crippen LogP contribution >= 0.6 is 0 Å². The van der Waals surface area contributed by atoms with Crippen LogP contribution in [-0.2, 0) is 20.7 Å². The average molecular weight is 421 g/mol. The fourth-order valence-electron chi connectivity index (χ4n) is 3.98. The Morgan fingerprint density at radius 2 is 1.70 bits per heavy atom. The third-order valence-electron chi connectivity index (χ3n) is 5.53. The van der Waals surface area contributed by atoms with Gasteiger partial charge in [-0.3, -0.25) is 4.79 Å². The molecule has 0 spiro atoms. The Bertz CT molecular complexity index is 632. The molecule has 170 valence electrons. The zero-order chi connectivity index (χ0) is 22.1. The van der Waals surface area contributed by atoms with E-state index >= 15 is 0 Å². The maximum atomic E-state index is 13.2. The lowest BCUT2D eigenvalue weighted by Crippen LogP contribution is -2.49. The van der Waals surface area contributed by atoms with Crippen molar-refractivity contribution in [2.45, 2.75) is 77.2 Å². The first-order valence-corrected chi connectivity index (χ1v) is 11.1. The normalized spacial score (nSPS) is 16.5. The fraction of sp³-hybridized carbons (Fsp3) is 0.708. The van der Waals surface area contributed by atoms with Crippen LogP contribution in [0.5, 0.6) is 5.75 Å². The Kier molecular flexibility index (Phi) is 9.59. The summed E-state index contributed by atoms with van der Waals surface area (Å²) in [5, 5.41) is 0. The highest BCUT2D eigenvalue weighted by Gasteiger charge is 2.27. The molecule has 0 unspecified atom stereocenters. The zero-order valence-electron chi connectivity index (χ0n) is 19.4. The summed E-state index contributed by atoms with van der Waals surface area (Å²) in [5.74, 6) is 1.29. The van der Waals surface area contributed by atoms with Crippen molar-refractivity contribution < 1.29 is 19.0 Å². The molecule has 1 aromatic carbocycles. The van der Waals surface area contributed by atoms with Crippen molar-refractivity contribution in [1.82, 2.24) is 4.90 Å². The zero-order valence-corrected chi connectivity index (χ0v) is 19.4. The van der Waals surface area contributed by atoms with Gasteiger partial charge in [-0.2, -0.15) is 0 Å². The minimum atomic E-state index is -0.600. The van der Waals surface area contributed by atoms with Gasteiger partial charge in [0, 0.05) is 20.8 Å². The molecule has 0 aliphatic heterocycles. The molecule has 2 N–H and O–H groups in total. The highest BCUT2D eigenvalue weighted by Crippen LogP contribution is 2.25. The second-order valence-corrected chi connectivity index (χ2v) is 9.32. The third kappa shape index (κ3) is 8.25. The average Bonchev–Trinajstić information content (AvgIpc) is 2.71. The number of nitrogens with zero attached hydrogens (tertiary/aromatic N) is 1. The summed E-state index contributed by atoms with van der Waals surface area (Å²) >= 11 is 0. The van der Waals surface area contributed by atoms with Gasteiger partial charge in [0.2, 0.25) is 5.91 Å². The van der Waals surface area contributed by atoms with Crippen LogP contribution in [0.4, 0.5) is 0 Å². The number of methoxy groups -OCH3 is 2. The number of amides is 1. The van der Waals surface area contributed by atoms with Gasteiger partial charge in [-0.1, -0.05) is 31.4 Å². The van der Waals surface area contributed by atoms with Crippen LogP contribution in [0.2, 0.25) is 0 Å². The summed E-state index contributed by atoms with van der Waals surface area (Å²) in [6, 6.07) is 7.23. The SMILES string of the molecule is COC(CN(CC1CCCCC1)C(=O)[C@@H](N)Cc1ccc(OC(C)(C)C)cc1)OC. The van der Waals surface area contributed by atoms with Crippen molar-refractivity contribution in [3.8, 4) is 5.75 Å². The molecule has 1 atom stereocenters. The predicted molar refractivity (Wildman–Crippen MR) is 119 cm³/mol. The fourth-order valence-corrected chi connectivity index (χ4v) is 3.98. The highest BCUT2D eigenvalue weighted by molar-refractivity contribution is 5.82. The lowest BCUT2D eigenvalue weighted by atomic mass is 9.88. The molecule has 30 heavy (non-hydrogen) atoms. The number of rotatable bonds is 10. The van der Waals surface area contributed by atoms with E-state index in [9.17, 15) is 4.79 Å². The lowest BCUT2D eigenvalue weighted by Gasteiger charge is -2.33. The Morgan fingerprint density at radius 1 is 1.10 bits per heavy atom. The molecule has 0 aromatic heterocycles. The van der Waals surface area contributed by atoms with Crippen LogP contribution < -0.4 is 10.5 Å². The first kappa shape index (κ1) is 24.6. The van der Waals surface area contributed by atoms with E-state index in [1.54, 1.807) is 14.2 Å². The van der Waals surface area contributed by atoms with Gasteiger partial charge in [-0.25, -0.2) is 0 Å². The van der Waals surface area contributed by atoms with Gasteiger partial charge in [0.25, 0.3) is 0 Å². The lowest BCUT2D eigenvalue weighted by molar-refractivity contribution is -0.147. The summed E-state index contributed by atoms with van der Waals surface area (Å²) in [5.41, 5.74) is 7.12. The summed E-state index contributed by atoms with van der Waals surface area (Å²) in [7, 11) is 3.19. The number of carbonyl (C=O) groups excluding carboxylic acids is 1. The second kappa shape index (κ2) is 11.7. The summed E-state index contributed by atoms with van der Waals surface area (Å²) in [6.07, 6.45) is 6.13. The van der Waals surface area contributed by atoms with Gasteiger partial charge in [0.1, 0.15) is 11.4 Å². The van der Waals surface area contributed by atoms with Crippen LogP contribution in [0.3, 0.4) is 0 Å². The van der Waals surface area contributed by atoms with E-state index in [-0.39, 0.29) is 11.5 Å². The molecular weight excluding hydrogens is 380 g/mol. The molecule has 0 saturated heterocycles. The molecule has 6 nitrogen and oxygen atoms in total. The van der Waals surface area contributed by atoms with Gasteiger partial charge in [-0.05, 0) is 63.6 Å². The second-order valence-electron chi connectivity index (χ2n) is 9.32. The minimum absolute atomic E-state index is 0.0466. The highest BCUT2D eigenvalue weighted by atomic mass is 16.7. The quantitative estimate of drug-likeness (QED) is 0.584. The maximum absolute atomic E-state index is 13.2. The van der Waals surface area contributed by atoms with Crippen molar-refractivity contribution in [3.05, 3.63) is 29.8 Å². The molecule has 1 saturated carbocycles. The largest absolute Gasteiger partial charge is 0.488 e. The molecule has 1 amide bonds. The molecule has 0 heterocycles. The number of benzene rings is 1. The standard InChI is InChI=1S/C24H40N2O4/c1-24(2,3)30-20-13-11-18(12-14-20)15-21(25)23(27)26(17-22(28-4)29-5)16-19-9-7-6-8-10-19/h11-14,19,21-22H,6-10,15-17,25H2,1-5H3/t21-/m0/s1. The molecule has 1 aliphatic rings.